The fourth-order valence-electron chi connectivity index (χ4n) is 5.62. The molecule has 2 aliphatic rings. The third-order valence-corrected chi connectivity index (χ3v) is 7.84. The zero-order chi connectivity index (χ0) is 21.7. The van der Waals surface area contributed by atoms with Crippen LogP contribution in [0.25, 0.3) is 0 Å². The number of esters is 1. The Balaban J connectivity index is 2.22. The summed E-state index contributed by atoms with van der Waals surface area (Å²) < 4.78 is 5.67. The van der Waals surface area contributed by atoms with Gasteiger partial charge in [-0.2, -0.15) is 0 Å². The van der Waals surface area contributed by atoms with E-state index in [-0.39, 0.29) is 30.3 Å². The minimum atomic E-state index is -0.975. The van der Waals surface area contributed by atoms with Crippen LogP contribution in [-0.4, -0.2) is 35.4 Å². The van der Waals surface area contributed by atoms with Crippen molar-refractivity contribution in [3.63, 3.8) is 0 Å². The summed E-state index contributed by atoms with van der Waals surface area (Å²) in [5.74, 6) is -0.382. The van der Waals surface area contributed by atoms with Gasteiger partial charge in [-0.05, 0) is 69.6 Å². The monoisotopic (exact) mass is 406 g/mol. The van der Waals surface area contributed by atoms with Crippen LogP contribution in [0.3, 0.4) is 0 Å². The van der Waals surface area contributed by atoms with Gasteiger partial charge in [0.2, 0.25) is 0 Å². The van der Waals surface area contributed by atoms with Crippen LogP contribution >= 0.6 is 0 Å². The van der Waals surface area contributed by atoms with Gasteiger partial charge in [-0.3, -0.25) is 9.59 Å². The molecule has 164 valence electrons. The van der Waals surface area contributed by atoms with Crippen LogP contribution in [-0.2, 0) is 14.3 Å². The molecule has 4 atom stereocenters. The molecular weight excluding hydrogens is 368 g/mol. The van der Waals surface area contributed by atoms with E-state index in [1.165, 1.54) is 11.1 Å². The highest BCUT2D eigenvalue weighted by atomic mass is 16.5. The van der Waals surface area contributed by atoms with Gasteiger partial charge in [0.05, 0.1) is 19.4 Å². The highest BCUT2D eigenvalue weighted by molar-refractivity contribution is 5.76. The summed E-state index contributed by atoms with van der Waals surface area (Å²) in [4.78, 5) is 22.9. The Morgan fingerprint density at radius 2 is 2.00 bits per heavy atom. The first-order valence-electron chi connectivity index (χ1n) is 11.0. The van der Waals surface area contributed by atoms with E-state index in [0.717, 1.165) is 38.5 Å². The van der Waals surface area contributed by atoms with Crippen LogP contribution in [0, 0.1) is 22.7 Å². The number of rotatable bonds is 9. The summed E-state index contributed by atoms with van der Waals surface area (Å²) in [6, 6.07) is 0. The smallest absolute Gasteiger partial charge is 0.306 e. The van der Waals surface area contributed by atoms with E-state index in [1.807, 2.05) is 6.08 Å². The van der Waals surface area contributed by atoms with E-state index >= 15 is 0 Å². The molecule has 1 saturated carbocycles. The van der Waals surface area contributed by atoms with E-state index in [0.29, 0.717) is 18.4 Å². The lowest BCUT2D eigenvalue weighted by molar-refractivity contribution is -0.156. The number of carboxylic acids is 1. The van der Waals surface area contributed by atoms with E-state index in [4.69, 9.17) is 9.84 Å². The van der Waals surface area contributed by atoms with Crippen LogP contribution in [0.2, 0.25) is 0 Å². The molecule has 0 unspecified atom stereocenters. The van der Waals surface area contributed by atoms with Gasteiger partial charge in [0.15, 0.2) is 0 Å². The topological polar surface area (TPSA) is 83.8 Å². The molecule has 2 aliphatic carbocycles. The van der Waals surface area contributed by atoms with Gasteiger partial charge in [0, 0.05) is 5.41 Å². The van der Waals surface area contributed by atoms with Crippen LogP contribution in [0.4, 0.5) is 0 Å². The fourth-order valence-corrected chi connectivity index (χ4v) is 5.62. The predicted molar refractivity (Wildman–Crippen MR) is 113 cm³/mol. The van der Waals surface area contributed by atoms with Crippen LogP contribution in [0.15, 0.2) is 23.3 Å². The summed E-state index contributed by atoms with van der Waals surface area (Å²) in [6.07, 6.45) is 10.2. The number of allylic oxidation sites excluding steroid dienone is 2. The first-order valence-corrected chi connectivity index (χ1v) is 11.0. The maximum atomic E-state index is 12.1. The van der Waals surface area contributed by atoms with Crippen molar-refractivity contribution < 1.29 is 24.5 Å². The molecule has 1 fully saturated rings. The standard InChI is InChI=1S/C24H38O5/c1-17(12-15-25)10-13-23(4)18(2)11-14-24(19(3)6-5-7-20(23)24)16-29-22(28)9-8-21(26)27/h6,12,18,20,25H,5,7-11,13-16H2,1-4H3,(H,26,27)/b17-12+/t18-,20-,23+,24-/m1/s1. The lowest BCUT2D eigenvalue weighted by Crippen LogP contribution is -2.53. The van der Waals surface area contributed by atoms with Crippen molar-refractivity contribution in [3.8, 4) is 0 Å². The minimum Gasteiger partial charge on any atom is -0.481 e. The average molecular weight is 407 g/mol. The van der Waals surface area contributed by atoms with Crippen molar-refractivity contribution in [2.24, 2.45) is 22.7 Å². The van der Waals surface area contributed by atoms with Gasteiger partial charge < -0.3 is 14.9 Å². The second-order valence-corrected chi connectivity index (χ2v) is 9.41. The summed E-state index contributed by atoms with van der Waals surface area (Å²) in [6.45, 7) is 9.43. The molecule has 2 rings (SSSR count). The SMILES string of the molecule is CC1=CCC[C@H]2[C@@]1(COC(=O)CCC(=O)O)CC[C@@H](C)[C@]2(C)CC/C(C)=C/CO. The number of fused-ring (bicyclic) bond motifs is 1. The molecule has 0 aromatic carbocycles. The largest absolute Gasteiger partial charge is 0.481 e. The minimum absolute atomic E-state index is 0.0718. The second-order valence-electron chi connectivity index (χ2n) is 9.41. The normalized spacial score (nSPS) is 32.3. The molecule has 0 aromatic rings. The number of aliphatic hydroxyl groups excluding tert-OH is 1. The molecule has 0 radical (unpaired) electrons. The summed E-state index contributed by atoms with van der Waals surface area (Å²) in [7, 11) is 0. The van der Waals surface area contributed by atoms with Crippen LogP contribution in [0.1, 0.15) is 79.1 Å². The molecule has 0 spiro atoms. The molecule has 0 bridgehead atoms. The Labute approximate surface area is 175 Å². The van der Waals surface area contributed by atoms with Crippen molar-refractivity contribution in [1.82, 2.24) is 0 Å². The summed E-state index contributed by atoms with van der Waals surface area (Å²) in [5.41, 5.74) is 2.53. The zero-order valence-electron chi connectivity index (χ0n) is 18.5. The van der Waals surface area contributed by atoms with E-state index in [2.05, 4.69) is 33.8 Å². The molecule has 0 saturated heterocycles. The molecule has 5 heteroatoms. The summed E-state index contributed by atoms with van der Waals surface area (Å²) >= 11 is 0. The number of carbonyl (C=O) groups excluding carboxylic acids is 1. The lowest BCUT2D eigenvalue weighted by Gasteiger charge is -2.59. The molecule has 5 nitrogen and oxygen atoms in total. The van der Waals surface area contributed by atoms with Gasteiger partial charge in [0.1, 0.15) is 6.61 Å². The Morgan fingerprint density at radius 3 is 2.66 bits per heavy atom. The van der Waals surface area contributed by atoms with Crippen molar-refractivity contribution in [3.05, 3.63) is 23.3 Å². The van der Waals surface area contributed by atoms with E-state index < -0.39 is 11.9 Å². The predicted octanol–water partition coefficient (Wildman–Crippen LogP) is 4.89. The van der Waals surface area contributed by atoms with Gasteiger partial charge in [-0.25, -0.2) is 0 Å². The maximum Gasteiger partial charge on any atom is 0.306 e. The maximum absolute atomic E-state index is 12.1. The Bertz CT molecular complexity index is 664. The van der Waals surface area contributed by atoms with Crippen molar-refractivity contribution >= 4 is 11.9 Å². The molecular formula is C24H38O5. The molecule has 0 aliphatic heterocycles. The van der Waals surface area contributed by atoms with Gasteiger partial charge in [-0.15, -0.1) is 0 Å². The molecule has 29 heavy (non-hydrogen) atoms. The average Bonchev–Trinajstić information content (AvgIpc) is 2.67. The molecule has 2 N–H and O–H groups in total. The van der Waals surface area contributed by atoms with Gasteiger partial charge in [0.25, 0.3) is 0 Å². The van der Waals surface area contributed by atoms with Crippen LogP contribution < -0.4 is 0 Å². The van der Waals surface area contributed by atoms with Crippen molar-refractivity contribution in [2.45, 2.75) is 79.1 Å². The fraction of sp³-hybridized carbons (Fsp3) is 0.750. The first-order chi connectivity index (χ1) is 13.7. The van der Waals surface area contributed by atoms with Gasteiger partial charge in [-0.1, -0.05) is 37.1 Å². The highest BCUT2D eigenvalue weighted by Crippen LogP contribution is 2.62. The number of hydrogen-bond acceptors (Lipinski definition) is 4. The van der Waals surface area contributed by atoms with Crippen LogP contribution in [0.5, 0.6) is 0 Å². The third-order valence-electron chi connectivity index (χ3n) is 7.84. The van der Waals surface area contributed by atoms with Gasteiger partial charge >= 0.3 is 11.9 Å². The van der Waals surface area contributed by atoms with E-state index in [1.54, 1.807) is 0 Å². The number of aliphatic hydroxyl groups is 1. The Hall–Kier alpha value is -1.62. The number of carbonyl (C=O) groups is 2. The lowest BCUT2D eigenvalue weighted by atomic mass is 9.46. The third kappa shape index (κ3) is 5.30. The number of carboxylic acid groups (broad SMARTS) is 1. The van der Waals surface area contributed by atoms with Crippen molar-refractivity contribution in [1.29, 1.82) is 0 Å². The van der Waals surface area contributed by atoms with Crippen molar-refractivity contribution in [2.75, 3.05) is 13.2 Å². The molecule has 0 aromatic heterocycles. The molecule has 0 amide bonds. The Kier molecular flexibility index (Phi) is 8.10. The second kappa shape index (κ2) is 9.92. The number of aliphatic carboxylic acids is 1. The Morgan fingerprint density at radius 1 is 1.28 bits per heavy atom. The summed E-state index contributed by atoms with van der Waals surface area (Å²) in [5, 5.41) is 18.0. The quantitative estimate of drug-likeness (QED) is 0.421. The van der Waals surface area contributed by atoms with E-state index in [9.17, 15) is 14.7 Å². The number of ether oxygens (including phenoxy) is 1. The molecule has 0 heterocycles. The zero-order valence-corrected chi connectivity index (χ0v) is 18.5. The highest BCUT2D eigenvalue weighted by Gasteiger charge is 2.55. The number of hydrogen-bond donors (Lipinski definition) is 2. The first kappa shape index (κ1) is 23.7.